The first-order valence-corrected chi connectivity index (χ1v) is 9.29. The number of carbonyl (C=O) groups is 1. The minimum atomic E-state index is -2.73. The molecule has 3 aromatic rings. The predicted molar refractivity (Wildman–Crippen MR) is 97.4 cm³/mol. The molecule has 0 aromatic carbocycles. The fourth-order valence-corrected chi connectivity index (χ4v) is 4.01. The van der Waals surface area contributed by atoms with Gasteiger partial charge in [0.05, 0.1) is 38.1 Å². The second-order valence-electron chi connectivity index (χ2n) is 7.52. The number of aromatic nitrogens is 4. The number of pyridine rings is 1. The second-order valence-corrected chi connectivity index (χ2v) is 7.52. The summed E-state index contributed by atoms with van der Waals surface area (Å²) in [6, 6.07) is 4.01. The van der Waals surface area contributed by atoms with E-state index >= 15 is 0 Å². The third-order valence-electron chi connectivity index (χ3n) is 5.69. The maximum Gasteiger partial charge on any atom is 0.280 e. The summed E-state index contributed by atoms with van der Waals surface area (Å²) in [7, 11) is 1.49. The number of carbonyl (C=O) groups excluding carboxylic acids is 1. The molecular formula is C20H18F2N4O3. The lowest BCUT2D eigenvalue weighted by molar-refractivity contribution is 0.0984. The van der Waals surface area contributed by atoms with Crippen LogP contribution in [-0.2, 0) is 16.6 Å². The molecule has 0 bridgehead atoms. The molecule has 7 nitrogen and oxygen atoms in total. The van der Waals surface area contributed by atoms with Crippen molar-refractivity contribution in [1.29, 1.82) is 0 Å². The summed E-state index contributed by atoms with van der Waals surface area (Å²) >= 11 is 0. The first-order chi connectivity index (χ1) is 14.0. The van der Waals surface area contributed by atoms with Crippen molar-refractivity contribution in [1.82, 2.24) is 19.4 Å². The van der Waals surface area contributed by atoms with E-state index in [2.05, 4.69) is 9.97 Å². The molecule has 9 heteroatoms. The van der Waals surface area contributed by atoms with Crippen LogP contribution in [0.1, 0.15) is 40.4 Å². The molecule has 2 atom stereocenters. The normalized spacial score (nSPS) is 22.8. The summed E-state index contributed by atoms with van der Waals surface area (Å²) in [6.45, 7) is 1.42. The van der Waals surface area contributed by atoms with E-state index in [0.717, 1.165) is 18.7 Å². The topological polar surface area (TPSA) is 78.6 Å². The first-order valence-electron chi connectivity index (χ1n) is 9.29. The van der Waals surface area contributed by atoms with Crippen LogP contribution in [-0.4, -0.2) is 45.5 Å². The van der Waals surface area contributed by atoms with Crippen molar-refractivity contribution in [2.24, 2.45) is 5.92 Å². The highest BCUT2D eigenvalue weighted by atomic mass is 19.3. The molecule has 2 unspecified atom stereocenters. The van der Waals surface area contributed by atoms with Crippen molar-refractivity contribution < 1.29 is 23.0 Å². The molecule has 3 aromatic heterocycles. The van der Waals surface area contributed by atoms with Crippen molar-refractivity contribution in [3.8, 4) is 5.88 Å². The smallest absolute Gasteiger partial charge is 0.280 e. The van der Waals surface area contributed by atoms with Gasteiger partial charge >= 0.3 is 0 Å². The molecule has 0 radical (unpaired) electrons. The Morgan fingerprint density at radius 1 is 1.34 bits per heavy atom. The largest absolute Gasteiger partial charge is 0.478 e. The van der Waals surface area contributed by atoms with E-state index in [1.54, 1.807) is 10.6 Å². The van der Waals surface area contributed by atoms with E-state index in [9.17, 15) is 13.6 Å². The minimum absolute atomic E-state index is 0.0159. The van der Waals surface area contributed by atoms with Crippen LogP contribution in [0.2, 0.25) is 0 Å². The van der Waals surface area contributed by atoms with E-state index in [-0.39, 0.29) is 17.5 Å². The van der Waals surface area contributed by atoms with Crippen LogP contribution in [0.4, 0.5) is 8.78 Å². The lowest BCUT2D eigenvalue weighted by Crippen LogP contribution is -2.11. The number of Topliss-reactive ketones (excluding diaryl/α,β-unsaturated/α-hetero) is 1. The molecule has 0 spiro atoms. The van der Waals surface area contributed by atoms with E-state index < -0.39 is 17.9 Å². The Hall–Kier alpha value is -2.94. The minimum Gasteiger partial charge on any atom is -0.478 e. The van der Waals surface area contributed by atoms with Crippen molar-refractivity contribution in [3.63, 3.8) is 0 Å². The number of rotatable bonds is 6. The van der Waals surface area contributed by atoms with Crippen LogP contribution < -0.4 is 4.74 Å². The summed E-state index contributed by atoms with van der Waals surface area (Å²) in [5.41, 5.74) is 1.50. The number of ether oxygens (including phenoxy) is 2. The Balaban J connectivity index is 1.46. The highest BCUT2D eigenvalue weighted by Gasteiger charge is 2.60. The zero-order valence-corrected chi connectivity index (χ0v) is 15.6. The number of hydrogen-bond donors (Lipinski definition) is 0. The highest BCUT2D eigenvalue weighted by molar-refractivity contribution is 5.95. The molecule has 5 rings (SSSR count). The number of halogens is 2. The summed E-state index contributed by atoms with van der Waals surface area (Å²) < 4.78 is 38.5. The highest BCUT2D eigenvalue weighted by Crippen LogP contribution is 2.57. The molecular weight excluding hydrogens is 382 g/mol. The number of alkyl halides is 2. The zero-order chi connectivity index (χ0) is 20.2. The Bertz CT molecular complexity index is 1120. The van der Waals surface area contributed by atoms with E-state index in [4.69, 9.17) is 14.5 Å². The third-order valence-corrected chi connectivity index (χ3v) is 5.69. The molecule has 4 heterocycles. The number of imidazole rings is 1. The lowest BCUT2D eigenvalue weighted by atomic mass is 10.0. The molecule has 2 fully saturated rings. The van der Waals surface area contributed by atoms with Crippen molar-refractivity contribution in [2.75, 3.05) is 20.3 Å². The second kappa shape index (κ2) is 6.55. The molecule has 29 heavy (non-hydrogen) atoms. The summed E-state index contributed by atoms with van der Waals surface area (Å²) in [5.74, 6) is 0.413. The molecule has 0 N–H and O–H groups in total. The SMILES string of the molecule is COc1nc(CC(=O)c2cccc(C(F)F)n2)cn2cc(C34COCC3C4)nc12. The maximum absolute atomic E-state index is 12.9. The van der Waals surface area contributed by atoms with E-state index in [1.807, 2.05) is 6.20 Å². The monoisotopic (exact) mass is 400 g/mol. The first kappa shape index (κ1) is 18.1. The molecule has 1 aliphatic heterocycles. The van der Waals surface area contributed by atoms with Gasteiger partial charge in [-0.05, 0) is 24.5 Å². The van der Waals surface area contributed by atoms with Crippen LogP contribution in [0.3, 0.4) is 0 Å². The van der Waals surface area contributed by atoms with Crippen LogP contribution in [0.25, 0.3) is 5.65 Å². The van der Waals surface area contributed by atoms with Gasteiger partial charge in [0.1, 0.15) is 11.4 Å². The quantitative estimate of drug-likeness (QED) is 0.592. The maximum atomic E-state index is 12.9. The van der Waals surface area contributed by atoms with Crippen molar-refractivity contribution in [2.45, 2.75) is 24.7 Å². The van der Waals surface area contributed by atoms with Crippen molar-refractivity contribution >= 4 is 11.4 Å². The van der Waals surface area contributed by atoms with Crippen LogP contribution in [0.5, 0.6) is 5.88 Å². The number of methoxy groups -OCH3 is 1. The van der Waals surface area contributed by atoms with Gasteiger partial charge in [-0.2, -0.15) is 0 Å². The number of hydrogen-bond acceptors (Lipinski definition) is 6. The van der Waals surface area contributed by atoms with E-state index in [0.29, 0.717) is 29.7 Å². The van der Waals surface area contributed by atoms with Gasteiger partial charge < -0.3 is 13.9 Å². The Morgan fingerprint density at radius 2 is 2.21 bits per heavy atom. The molecule has 1 saturated heterocycles. The van der Waals surface area contributed by atoms with Crippen LogP contribution in [0, 0.1) is 5.92 Å². The van der Waals surface area contributed by atoms with Gasteiger partial charge in [-0.15, -0.1) is 0 Å². The van der Waals surface area contributed by atoms with Gasteiger partial charge in [0.15, 0.2) is 5.78 Å². The summed E-state index contributed by atoms with van der Waals surface area (Å²) in [4.78, 5) is 25.4. The average Bonchev–Trinajstić information content (AvgIpc) is 3.06. The van der Waals surface area contributed by atoms with Gasteiger partial charge in [-0.25, -0.2) is 23.7 Å². The zero-order valence-electron chi connectivity index (χ0n) is 15.6. The molecule has 150 valence electrons. The van der Waals surface area contributed by atoms with Gasteiger partial charge in [0.25, 0.3) is 12.3 Å². The Morgan fingerprint density at radius 3 is 2.90 bits per heavy atom. The van der Waals surface area contributed by atoms with Gasteiger partial charge in [-0.3, -0.25) is 4.79 Å². The summed E-state index contributed by atoms with van der Waals surface area (Å²) in [6.07, 6.45) is 1.89. The lowest BCUT2D eigenvalue weighted by Gasteiger charge is -2.06. The Kier molecular flexibility index (Phi) is 4.09. The van der Waals surface area contributed by atoms with Crippen LogP contribution in [0.15, 0.2) is 30.6 Å². The Labute approximate surface area is 164 Å². The number of ketones is 1. The fraction of sp³-hybridized carbons (Fsp3) is 0.400. The molecule has 0 amide bonds. The van der Waals surface area contributed by atoms with Gasteiger partial charge in [0, 0.05) is 17.8 Å². The molecule has 1 saturated carbocycles. The molecule has 1 aliphatic carbocycles. The molecule has 2 aliphatic rings. The standard InChI is InChI=1S/C20H18F2N4O3/c1-28-19-18-25-16(20-6-11(20)9-29-10-20)8-26(18)7-12(23-19)5-15(27)13-3-2-4-14(24-13)17(21)22/h2-4,7-8,11,17H,5-6,9-10H2,1H3. The van der Waals surface area contributed by atoms with Crippen LogP contribution >= 0.6 is 0 Å². The number of nitrogens with zero attached hydrogens (tertiary/aromatic N) is 4. The fourth-order valence-electron chi connectivity index (χ4n) is 4.01. The van der Waals surface area contributed by atoms with Crippen molar-refractivity contribution in [3.05, 3.63) is 53.4 Å². The average molecular weight is 400 g/mol. The third kappa shape index (κ3) is 2.96. The van der Waals surface area contributed by atoms with Gasteiger partial charge in [0.2, 0.25) is 5.65 Å². The van der Waals surface area contributed by atoms with Gasteiger partial charge in [-0.1, -0.05) is 6.07 Å². The summed E-state index contributed by atoms with van der Waals surface area (Å²) in [5, 5.41) is 0. The number of fused-ring (bicyclic) bond motifs is 2. The van der Waals surface area contributed by atoms with E-state index in [1.165, 1.54) is 25.3 Å². The predicted octanol–water partition coefficient (Wildman–Crippen LogP) is 2.78.